The average molecular weight is 245 g/mol. The van der Waals surface area contributed by atoms with Crippen molar-refractivity contribution in [2.24, 2.45) is 5.92 Å². The van der Waals surface area contributed by atoms with E-state index in [0.29, 0.717) is 6.04 Å². The van der Waals surface area contributed by atoms with E-state index >= 15 is 0 Å². The highest BCUT2D eigenvalue weighted by Crippen LogP contribution is 2.31. The van der Waals surface area contributed by atoms with Crippen LogP contribution in [-0.2, 0) is 6.42 Å². The van der Waals surface area contributed by atoms with Crippen LogP contribution < -0.4 is 5.32 Å². The molecule has 2 atom stereocenters. The van der Waals surface area contributed by atoms with E-state index in [1.54, 1.807) is 0 Å². The average Bonchev–Trinajstić information content (AvgIpc) is 2.41. The van der Waals surface area contributed by atoms with Gasteiger partial charge in [0.15, 0.2) is 0 Å². The van der Waals surface area contributed by atoms with Gasteiger partial charge >= 0.3 is 0 Å². The van der Waals surface area contributed by atoms with E-state index in [-0.39, 0.29) is 0 Å². The van der Waals surface area contributed by atoms with Crippen LogP contribution in [0, 0.1) is 12.8 Å². The third-order valence-electron chi connectivity index (χ3n) is 4.50. The first-order valence-electron chi connectivity index (χ1n) is 7.61. The Bertz CT molecular complexity index is 383. The second kappa shape index (κ2) is 6.26. The molecule has 1 fully saturated rings. The van der Waals surface area contributed by atoms with E-state index in [2.05, 4.69) is 44.3 Å². The number of para-hydroxylation sites is 1. The maximum absolute atomic E-state index is 3.87. The van der Waals surface area contributed by atoms with Crippen molar-refractivity contribution in [3.63, 3.8) is 0 Å². The lowest BCUT2D eigenvalue weighted by Gasteiger charge is -2.33. The van der Waals surface area contributed by atoms with Crippen molar-refractivity contribution >= 4 is 5.69 Å². The molecule has 0 heterocycles. The van der Waals surface area contributed by atoms with Crippen molar-refractivity contribution in [1.29, 1.82) is 0 Å². The normalized spacial score (nSPS) is 23.9. The van der Waals surface area contributed by atoms with Gasteiger partial charge in [0.1, 0.15) is 0 Å². The largest absolute Gasteiger partial charge is 0.382 e. The highest BCUT2D eigenvalue weighted by Gasteiger charge is 2.24. The molecule has 18 heavy (non-hydrogen) atoms. The number of hydrogen-bond acceptors (Lipinski definition) is 1. The fourth-order valence-corrected chi connectivity index (χ4v) is 3.30. The zero-order valence-electron chi connectivity index (χ0n) is 12.1. The molecular weight excluding hydrogens is 218 g/mol. The van der Waals surface area contributed by atoms with Crippen molar-refractivity contribution in [1.82, 2.24) is 0 Å². The van der Waals surface area contributed by atoms with E-state index in [9.17, 15) is 0 Å². The monoisotopic (exact) mass is 245 g/mol. The van der Waals surface area contributed by atoms with Gasteiger partial charge in [-0.1, -0.05) is 51.3 Å². The van der Waals surface area contributed by atoms with E-state index in [0.717, 1.165) is 12.3 Å². The highest BCUT2D eigenvalue weighted by atomic mass is 14.9. The van der Waals surface area contributed by atoms with Crippen LogP contribution in [0.1, 0.15) is 57.1 Å². The Morgan fingerprint density at radius 2 is 1.94 bits per heavy atom. The molecule has 1 aliphatic carbocycles. The molecular formula is C17H27N. The zero-order chi connectivity index (χ0) is 13.0. The first kappa shape index (κ1) is 13.5. The molecule has 0 bridgehead atoms. The first-order valence-corrected chi connectivity index (χ1v) is 7.61. The zero-order valence-corrected chi connectivity index (χ0v) is 12.1. The second-order valence-electron chi connectivity index (χ2n) is 5.67. The lowest BCUT2D eigenvalue weighted by molar-refractivity contribution is 0.317. The Balaban J connectivity index is 2.17. The third-order valence-corrected chi connectivity index (χ3v) is 4.50. The predicted molar refractivity (Wildman–Crippen MR) is 80.2 cm³/mol. The molecule has 0 aliphatic heterocycles. The minimum absolute atomic E-state index is 0.690. The van der Waals surface area contributed by atoms with E-state index in [1.165, 1.54) is 48.9 Å². The van der Waals surface area contributed by atoms with Gasteiger partial charge in [0.25, 0.3) is 0 Å². The van der Waals surface area contributed by atoms with Crippen molar-refractivity contribution in [2.75, 3.05) is 5.32 Å². The van der Waals surface area contributed by atoms with Gasteiger partial charge in [-0.25, -0.2) is 0 Å². The molecule has 1 aliphatic rings. The van der Waals surface area contributed by atoms with Crippen LogP contribution in [0.25, 0.3) is 0 Å². The lowest BCUT2D eigenvalue weighted by atomic mass is 9.82. The SMILES string of the molecule is CCc1cccc(C)c1NC1CCCCC1CC. The van der Waals surface area contributed by atoms with E-state index in [4.69, 9.17) is 0 Å². The number of hydrogen-bond donors (Lipinski definition) is 1. The third kappa shape index (κ3) is 2.88. The van der Waals surface area contributed by atoms with E-state index in [1.807, 2.05) is 0 Å². The van der Waals surface area contributed by atoms with Crippen LogP contribution in [-0.4, -0.2) is 6.04 Å². The standard InChI is InChI=1S/C17H27N/c1-4-14-10-6-7-12-16(14)18-17-13(3)9-8-11-15(17)5-2/h8-9,11,14,16,18H,4-7,10,12H2,1-3H3. The van der Waals surface area contributed by atoms with Gasteiger partial charge in [-0.05, 0) is 43.2 Å². The Morgan fingerprint density at radius 3 is 2.67 bits per heavy atom. The summed E-state index contributed by atoms with van der Waals surface area (Å²) in [5.74, 6) is 0.864. The summed E-state index contributed by atoms with van der Waals surface area (Å²) in [4.78, 5) is 0. The molecule has 1 nitrogen and oxygen atoms in total. The van der Waals surface area contributed by atoms with Crippen LogP contribution in [0.3, 0.4) is 0 Å². The van der Waals surface area contributed by atoms with Crippen molar-refractivity contribution in [3.05, 3.63) is 29.3 Å². The molecule has 2 unspecified atom stereocenters. The molecule has 0 radical (unpaired) electrons. The van der Waals surface area contributed by atoms with Crippen LogP contribution in [0.5, 0.6) is 0 Å². The summed E-state index contributed by atoms with van der Waals surface area (Å²) in [5.41, 5.74) is 4.27. The van der Waals surface area contributed by atoms with E-state index < -0.39 is 0 Å². The molecule has 1 aromatic rings. The van der Waals surface area contributed by atoms with Crippen molar-refractivity contribution in [2.45, 2.75) is 65.3 Å². The first-order chi connectivity index (χ1) is 8.76. The molecule has 1 aromatic carbocycles. The van der Waals surface area contributed by atoms with Gasteiger partial charge in [-0.3, -0.25) is 0 Å². The van der Waals surface area contributed by atoms with Crippen LogP contribution in [0.2, 0.25) is 0 Å². The fourth-order valence-electron chi connectivity index (χ4n) is 3.30. The smallest absolute Gasteiger partial charge is 0.0404 e. The maximum Gasteiger partial charge on any atom is 0.0404 e. The van der Waals surface area contributed by atoms with Crippen LogP contribution >= 0.6 is 0 Å². The number of benzene rings is 1. The minimum Gasteiger partial charge on any atom is -0.382 e. The number of anilines is 1. The van der Waals surface area contributed by atoms with Gasteiger partial charge in [0.05, 0.1) is 0 Å². The lowest BCUT2D eigenvalue weighted by Crippen LogP contribution is -2.32. The molecule has 0 spiro atoms. The van der Waals surface area contributed by atoms with Gasteiger partial charge in [0.2, 0.25) is 0 Å². The molecule has 1 N–H and O–H groups in total. The summed E-state index contributed by atoms with van der Waals surface area (Å²) >= 11 is 0. The van der Waals surface area contributed by atoms with Crippen LogP contribution in [0.15, 0.2) is 18.2 Å². The predicted octanol–water partition coefficient (Wildman–Crippen LogP) is 4.94. The van der Waals surface area contributed by atoms with Gasteiger partial charge in [0, 0.05) is 11.7 Å². The Morgan fingerprint density at radius 1 is 1.17 bits per heavy atom. The molecule has 100 valence electrons. The minimum atomic E-state index is 0.690. The molecule has 0 saturated heterocycles. The fraction of sp³-hybridized carbons (Fsp3) is 0.647. The Hall–Kier alpha value is -0.980. The summed E-state index contributed by atoms with van der Waals surface area (Å²) in [6.45, 7) is 6.81. The number of rotatable bonds is 4. The van der Waals surface area contributed by atoms with Gasteiger partial charge < -0.3 is 5.32 Å². The van der Waals surface area contributed by atoms with Gasteiger partial charge in [-0.2, -0.15) is 0 Å². The summed E-state index contributed by atoms with van der Waals surface area (Å²) < 4.78 is 0. The topological polar surface area (TPSA) is 12.0 Å². The summed E-state index contributed by atoms with van der Waals surface area (Å²) in [6, 6.07) is 7.36. The second-order valence-corrected chi connectivity index (χ2v) is 5.67. The molecule has 0 aromatic heterocycles. The Labute approximate surface area is 112 Å². The maximum atomic E-state index is 3.87. The highest BCUT2D eigenvalue weighted by molar-refractivity contribution is 5.58. The number of aryl methyl sites for hydroxylation is 2. The molecule has 1 saturated carbocycles. The summed E-state index contributed by atoms with van der Waals surface area (Å²) in [7, 11) is 0. The summed E-state index contributed by atoms with van der Waals surface area (Å²) in [5, 5.41) is 3.87. The number of nitrogens with one attached hydrogen (secondary N) is 1. The van der Waals surface area contributed by atoms with Crippen molar-refractivity contribution < 1.29 is 0 Å². The Kier molecular flexibility index (Phi) is 4.68. The molecule has 0 amide bonds. The molecule has 1 heteroatoms. The quantitative estimate of drug-likeness (QED) is 0.792. The van der Waals surface area contributed by atoms with Crippen molar-refractivity contribution in [3.8, 4) is 0 Å². The molecule has 2 rings (SSSR count). The van der Waals surface area contributed by atoms with Gasteiger partial charge in [-0.15, -0.1) is 0 Å². The summed E-state index contributed by atoms with van der Waals surface area (Å²) in [6.07, 6.45) is 7.99. The van der Waals surface area contributed by atoms with Crippen LogP contribution in [0.4, 0.5) is 5.69 Å².